The average Bonchev–Trinajstić information content (AvgIpc) is 2.65. The Labute approximate surface area is 143 Å². The van der Waals surface area contributed by atoms with E-state index in [2.05, 4.69) is 5.32 Å². The van der Waals surface area contributed by atoms with Gasteiger partial charge in [0.15, 0.2) is 0 Å². The monoisotopic (exact) mass is 334 g/mol. The lowest BCUT2D eigenvalue weighted by Gasteiger charge is -2.32. The highest BCUT2D eigenvalue weighted by molar-refractivity contribution is 6.62. The van der Waals surface area contributed by atoms with Crippen LogP contribution < -0.4 is 16.3 Å². The van der Waals surface area contributed by atoms with Crippen molar-refractivity contribution in [2.45, 2.75) is 71.8 Å². The van der Waals surface area contributed by atoms with Gasteiger partial charge in [-0.3, -0.25) is 9.59 Å². The summed E-state index contributed by atoms with van der Waals surface area (Å²) in [6.07, 6.45) is 1.96. The summed E-state index contributed by atoms with van der Waals surface area (Å²) in [7, 11) is -0.554. The van der Waals surface area contributed by atoms with Gasteiger partial charge in [0.1, 0.15) is 0 Å². The summed E-state index contributed by atoms with van der Waals surface area (Å²) < 4.78 is 13.4. The maximum absolute atomic E-state index is 12.3. The van der Waals surface area contributed by atoms with Crippen molar-refractivity contribution in [3.8, 4) is 0 Å². The van der Waals surface area contributed by atoms with Crippen LogP contribution in [-0.2, 0) is 20.6 Å². The molecule has 132 valence electrons. The van der Waals surface area contributed by atoms with Gasteiger partial charge in [-0.25, -0.2) is 0 Å². The van der Waals surface area contributed by atoms with Gasteiger partial charge in [-0.1, -0.05) is 0 Å². The minimum Gasteiger partial charge on any atom is -0.399 e. The van der Waals surface area contributed by atoms with Crippen LogP contribution in [0.2, 0.25) is 0 Å². The summed E-state index contributed by atoms with van der Waals surface area (Å²) in [6.45, 7) is 12.1. The average molecular weight is 334 g/mol. The van der Waals surface area contributed by atoms with E-state index in [1.807, 2.05) is 47.6 Å². The van der Waals surface area contributed by atoms with Crippen molar-refractivity contribution in [1.82, 2.24) is 9.88 Å². The number of hydrogen-bond acceptors (Lipinski definition) is 4. The van der Waals surface area contributed by atoms with E-state index in [4.69, 9.17) is 9.31 Å². The second-order valence-electron chi connectivity index (χ2n) is 7.55. The van der Waals surface area contributed by atoms with E-state index >= 15 is 0 Å². The van der Waals surface area contributed by atoms with Crippen LogP contribution in [0.3, 0.4) is 0 Å². The number of hydrogen-bond donors (Lipinski definition) is 1. The summed E-state index contributed by atoms with van der Waals surface area (Å²) in [5.74, 6) is -0.0630. The first-order chi connectivity index (χ1) is 11.0. The lowest BCUT2D eigenvalue weighted by atomic mass is 9.80. The highest BCUT2D eigenvalue weighted by Crippen LogP contribution is 2.36. The van der Waals surface area contributed by atoms with Crippen molar-refractivity contribution in [2.24, 2.45) is 0 Å². The number of aromatic nitrogens is 1. The van der Waals surface area contributed by atoms with E-state index in [0.717, 1.165) is 0 Å². The molecule has 24 heavy (non-hydrogen) atoms. The van der Waals surface area contributed by atoms with E-state index in [0.29, 0.717) is 12.0 Å². The SMILES string of the molecule is CC(C)NC(=O)CCn1ccc(B2OC(C)(C)C(C)(C)O2)cc1=O. The quantitative estimate of drug-likeness (QED) is 0.818. The van der Waals surface area contributed by atoms with Crippen LogP contribution in [-0.4, -0.2) is 34.8 Å². The molecule has 0 spiro atoms. The molecular weight excluding hydrogens is 307 g/mol. The summed E-state index contributed by atoms with van der Waals surface area (Å²) in [5.41, 5.74) is -0.357. The van der Waals surface area contributed by atoms with Gasteiger partial charge in [-0.2, -0.15) is 0 Å². The lowest BCUT2D eigenvalue weighted by molar-refractivity contribution is -0.121. The molecule has 2 heterocycles. The Morgan fingerprint density at radius 1 is 1.25 bits per heavy atom. The fraction of sp³-hybridized carbons (Fsp3) is 0.647. The van der Waals surface area contributed by atoms with Crippen molar-refractivity contribution in [3.63, 3.8) is 0 Å². The highest BCUT2D eigenvalue weighted by Gasteiger charge is 2.51. The normalized spacial score (nSPS) is 18.9. The van der Waals surface area contributed by atoms with Crippen molar-refractivity contribution < 1.29 is 14.1 Å². The fourth-order valence-corrected chi connectivity index (χ4v) is 2.45. The third-order valence-corrected chi connectivity index (χ3v) is 4.57. The summed E-state index contributed by atoms with van der Waals surface area (Å²) in [5, 5.41) is 2.81. The summed E-state index contributed by atoms with van der Waals surface area (Å²) in [6, 6.07) is 3.42. The molecule has 0 radical (unpaired) electrons. The summed E-state index contributed by atoms with van der Waals surface area (Å²) >= 11 is 0. The Morgan fingerprint density at radius 2 is 1.83 bits per heavy atom. The molecule has 6 nitrogen and oxygen atoms in total. The van der Waals surface area contributed by atoms with E-state index in [1.165, 1.54) is 10.6 Å². The number of pyridine rings is 1. The number of rotatable bonds is 5. The summed E-state index contributed by atoms with van der Waals surface area (Å²) in [4.78, 5) is 24.0. The molecule has 1 N–H and O–H groups in total. The van der Waals surface area contributed by atoms with Crippen molar-refractivity contribution in [3.05, 3.63) is 28.7 Å². The maximum Gasteiger partial charge on any atom is 0.495 e. The highest BCUT2D eigenvalue weighted by atomic mass is 16.7. The number of carbonyl (C=O) groups excluding carboxylic acids is 1. The molecule has 0 bridgehead atoms. The maximum atomic E-state index is 12.3. The standard InChI is InChI=1S/C17H27BN2O4/c1-12(2)19-14(21)8-10-20-9-7-13(11-15(20)22)18-23-16(3,4)17(5,6)24-18/h7,9,11-12H,8,10H2,1-6H3,(H,19,21). The van der Waals surface area contributed by atoms with Crippen LogP contribution >= 0.6 is 0 Å². The van der Waals surface area contributed by atoms with E-state index in [-0.39, 0.29) is 23.9 Å². The minimum absolute atomic E-state index is 0.0630. The first-order valence-corrected chi connectivity index (χ1v) is 8.37. The van der Waals surface area contributed by atoms with Crippen molar-refractivity contribution in [2.75, 3.05) is 0 Å². The molecule has 0 saturated carbocycles. The van der Waals surface area contributed by atoms with Gasteiger partial charge in [-0.05, 0) is 53.1 Å². The number of aryl methyl sites for hydroxylation is 1. The van der Waals surface area contributed by atoms with Gasteiger partial charge < -0.3 is 19.2 Å². The lowest BCUT2D eigenvalue weighted by Crippen LogP contribution is -2.41. The van der Waals surface area contributed by atoms with E-state index in [1.54, 1.807) is 6.20 Å². The van der Waals surface area contributed by atoms with Crippen molar-refractivity contribution >= 4 is 18.5 Å². The van der Waals surface area contributed by atoms with Gasteiger partial charge in [-0.15, -0.1) is 0 Å². The first-order valence-electron chi connectivity index (χ1n) is 8.37. The first kappa shape index (κ1) is 18.7. The molecule has 0 aliphatic carbocycles. The molecule has 0 atom stereocenters. The van der Waals surface area contributed by atoms with Gasteiger partial charge in [0.25, 0.3) is 0 Å². The number of carbonyl (C=O) groups is 1. The molecule has 1 fully saturated rings. The third-order valence-electron chi connectivity index (χ3n) is 4.57. The molecule has 1 saturated heterocycles. The van der Waals surface area contributed by atoms with Crippen molar-refractivity contribution in [1.29, 1.82) is 0 Å². The Balaban J connectivity index is 2.06. The molecule has 1 aliphatic rings. The fourth-order valence-electron chi connectivity index (χ4n) is 2.45. The molecule has 0 unspecified atom stereocenters. The molecule has 0 aromatic carbocycles. The zero-order chi connectivity index (χ0) is 18.1. The van der Waals surface area contributed by atoms with Crippen LogP contribution in [0.25, 0.3) is 0 Å². The predicted molar refractivity (Wildman–Crippen MR) is 94.3 cm³/mol. The van der Waals surface area contributed by atoms with Crippen LogP contribution in [0.5, 0.6) is 0 Å². The second-order valence-corrected chi connectivity index (χ2v) is 7.55. The topological polar surface area (TPSA) is 69.6 Å². The Bertz CT molecular complexity index is 651. The van der Waals surface area contributed by atoms with Crippen LogP contribution in [0.15, 0.2) is 23.1 Å². The molecule has 2 rings (SSSR count). The number of nitrogens with zero attached hydrogens (tertiary/aromatic N) is 1. The Kier molecular flexibility index (Phi) is 5.25. The Hall–Kier alpha value is -1.60. The van der Waals surface area contributed by atoms with E-state index in [9.17, 15) is 9.59 Å². The van der Waals surface area contributed by atoms with Gasteiger partial charge in [0, 0.05) is 31.3 Å². The van der Waals surface area contributed by atoms with Gasteiger partial charge >= 0.3 is 7.12 Å². The molecule has 1 aliphatic heterocycles. The third kappa shape index (κ3) is 4.08. The van der Waals surface area contributed by atoms with Crippen LogP contribution in [0.1, 0.15) is 48.0 Å². The molecule has 7 heteroatoms. The second kappa shape index (κ2) is 6.72. The predicted octanol–water partition coefficient (Wildman–Crippen LogP) is 1.06. The number of nitrogens with one attached hydrogen (secondary N) is 1. The van der Waals surface area contributed by atoms with Gasteiger partial charge in [0.05, 0.1) is 11.2 Å². The van der Waals surface area contributed by atoms with Gasteiger partial charge in [0.2, 0.25) is 11.5 Å². The molecular formula is C17H27BN2O4. The zero-order valence-electron chi connectivity index (χ0n) is 15.4. The Morgan fingerprint density at radius 3 is 2.33 bits per heavy atom. The largest absolute Gasteiger partial charge is 0.495 e. The smallest absolute Gasteiger partial charge is 0.399 e. The number of amides is 1. The minimum atomic E-state index is -0.554. The molecule has 1 aromatic heterocycles. The molecule has 1 amide bonds. The molecule has 1 aromatic rings. The van der Waals surface area contributed by atoms with Crippen LogP contribution in [0, 0.1) is 0 Å². The zero-order valence-corrected chi connectivity index (χ0v) is 15.4. The van der Waals surface area contributed by atoms with E-state index < -0.39 is 18.3 Å². The van der Waals surface area contributed by atoms with Crippen LogP contribution in [0.4, 0.5) is 0 Å².